The summed E-state index contributed by atoms with van der Waals surface area (Å²) in [5.41, 5.74) is 3.83. The first-order valence-electron chi connectivity index (χ1n) is 6.08. The lowest BCUT2D eigenvalue weighted by Crippen LogP contribution is -2.21. The van der Waals surface area contributed by atoms with Gasteiger partial charge < -0.3 is 10.7 Å². The third-order valence-corrected chi connectivity index (χ3v) is 3.24. The summed E-state index contributed by atoms with van der Waals surface area (Å²) in [6, 6.07) is 0. The highest BCUT2D eigenvalue weighted by molar-refractivity contribution is 5.58. The van der Waals surface area contributed by atoms with E-state index in [0.29, 0.717) is 5.82 Å². The van der Waals surface area contributed by atoms with E-state index in [9.17, 15) is 0 Å². The maximum atomic E-state index is 5.50. The van der Waals surface area contributed by atoms with Gasteiger partial charge in [-0.05, 0) is 26.7 Å². The van der Waals surface area contributed by atoms with E-state index in [2.05, 4.69) is 41.5 Å². The van der Waals surface area contributed by atoms with E-state index < -0.39 is 0 Å². The molecule has 5 nitrogen and oxygen atoms in total. The van der Waals surface area contributed by atoms with Crippen LogP contribution in [0.2, 0.25) is 0 Å². The van der Waals surface area contributed by atoms with Gasteiger partial charge in [-0.3, -0.25) is 0 Å². The third kappa shape index (κ3) is 2.49. The highest BCUT2D eigenvalue weighted by atomic mass is 15.3. The molecule has 2 rings (SSSR count). The molecule has 1 aromatic rings. The number of anilines is 2. The summed E-state index contributed by atoms with van der Waals surface area (Å²) >= 11 is 0. The van der Waals surface area contributed by atoms with E-state index in [-0.39, 0.29) is 11.5 Å². The second-order valence-electron chi connectivity index (χ2n) is 5.39. The van der Waals surface area contributed by atoms with Crippen molar-refractivity contribution in [3.05, 3.63) is 11.4 Å². The molecule has 1 fully saturated rings. The van der Waals surface area contributed by atoms with Crippen molar-refractivity contribution >= 4 is 11.6 Å². The first-order valence-corrected chi connectivity index (χ1v) is 6.08. The fourth-order valence-electron chi connectivity index (χ4n) is 1.65. The van der Waals surface area contributed by atoms with Crippen LogP contribution in [0.5, 0.6) is 0 Å². The topological polar surface area (TPSA) is 75.9 Å². The van der Waals surface area contributed by atoms with Gasteiger partial charge in [-0.25, -0.2) is 15.8 Å². The van der Waals surface area contributed by atoms with Gasteiger partial charge in [0.15, 0.2) is 0 Å². The lowest BCUT2D eigenvalue weighted by molar-refractivity contribution is 0.758. The van der Waals surface area contributed by atoms with Crippen LogP contribution >= 0.6 is 0 Å². The molecule has 94 valence electrons. The summed E-state index contributed by atoms with van der Waals surface area (Å²) < 4.78 is 0. The zero-order valence-corrected chi connectivity index (χ0v) is 11.0. The van der Waals surface area contributed by atoms with Crippen LogP contribution < -0.4 is 16.6 Å². The molecule has 0 spiro atoms. The molecule has 1 aliphatic rings. The molecule has 1 aliphatic carbocycles. The van der Waals surface area contributed by atoms with Crippen molar-refractivity contribution in [2.24, 2.45) is 5.84 Å². The van der Waals surface area contributed by atoms with Crippen molar-refractivity contribution in [2.75, 3.05) is 10.7 Å². The maximum absolute atomic E-state index is 5.50. The van der Waals surface area contributed by atoms with E-state index in [4.69, 9.17) is 5.84 Å². The molecule has 0 unspecified atom stereocenters. The maximum Gasteiger partial charge on any atom is 0.148 e. The van der Waals surface area contributed by atoms with Crippen LogP contribution in [0.4, 0.5) is 11.6 Å². The Bertz CT molecular complexity index is 423. The molecule has 0 radical (unpaired) electrons. The van der Waals surface area contributed by atoms with Crippen molar-refractivity contribution in [1.29, 1.82) is 0 Å². The van der Waals surface area contributed by atoms with E-state index in [1.807, 2.05) is 6.92 Å². The van der Waals surface area contributed by atoms with Crippen molar-refractivity contribution in [3.63, 3.8) is 0 Å². The Labute approximate surface area is 102 Å². The van der Waals surface area contributed by atoms with Gasteiger partial charge in [0.1, 0.15) is 17.5 Å². The largest absolute Gasteiger partial charge is 0.365 e. The minimum Gasteiger partial charge on any atom is -0.365 e. The number of nitrogen functional groups attached to an aromatic ring is 1. The van der Waals surface area contributed by atoms with Gasteiger partial charge in [0.25, 0.3) is 0 Å². The van der Waals surface area contributed by atoms with Crippen LogP contribution in [-0.4, -0.2) is 15.5 Å². The Hall–Kier alpha value is -1.36. The Balaban J connectivity index is 2.37. The van der Waals surface area contributed by atoms with Crippen molar-refractivity contribution in [2.45, 2.75) is 52.0 Å². The zero-order valence-electron chi connectivity index (χ0n) is 11.0. The Kier molecular flexibility index (Phi) is 2.95. The molecule has 4 N–H and O–H groups in total. The molecule has 0 aromatic carbocycles. The lowest BCUT2D eigenvalue weighted by atomic mass is 10.2. The van der Waals surface area contributed by atoms with Gasteiger partial charge in [0.2, 0.25) is 0 Å². The molecule has 1 aromatic heterocycles. The molecule has 0 bridgehead atoms. The van der Waals surface area contributed by atoms with Gasteiger partial charge in [-0.1, -0.05) is 13.8 Å². The summed E-state index contributed by atoms with van der Waals surface area (Å²) in [5.74, 6) is 8.21. The van der Waals surface area contributed by atoms with E-state index in [0.717, 1.165) is 17.2 Å². The molecular weight excluding hydrogens is 214 g/mol. The second-order valence-corrected chi connectivity index (χ2v) is 5.39. The number of nitrogens with two attached hydrogens (primary N) is 1. The Morgan fingerprint density at radius 3 is 2.29 bits per heavy atom. The fraction of sp³-hybridized carbons (Fsp3) is 0.667. The van der Waals surface area contributed by atoms with Crippen molar-refractivity contribution in [1.82, 2.24) is 9.97 Å². The van der Waals surface area contributed by atoms with Crippen LogP contribution in [0.1, 0.15) is 50.9 Å². The van der Waals surface area contributed by atoms with E-state index in [1.165, 1.54) is 12.8 Å². The summed E-state index contributed by atoms with van der Waals surface area (Å²) in [4.78, 5) is 9.00. The van der Waals surface area contributed by atoms with Crippen LogP contribution in [0.3, 0.4) is 0 Å². The molecule has 5 heteroatoms. The third-order valence-electron chi connectivity index (χ3n) is 3.24. The van der Waals surface area contributed by atoms with Gasteiger partial charge >= 0.3 is 0 Å². The molecule has 0 atom stereocenters. The summed E-state index contributed by atoms with van der Waals surface area (Å²) in [7, 11) is 0. The molecule has 17 heavy (non-hydrogen) atoms. The number of hydrogen-bond acceptors (Lipinski definition) is 5. The highest BCUT2D eigenvalue weighted by Gasteiger charge is 2.38. The minimum atomic E-state index is 0.208. The number of rotatable bonds is 4. The SMILES string of the molecule is Cc1c(NN)nc(C(C)C)nc1NC1(C)CC1. The number of hydrazine groups is 1. The van der Waals surface area contributed by atoms with Crippen LogP contribution in [-0.2, 0) is 0 Å². The smallest absolute Gasteiger partial charge is 0.148 e. The molecule has 0 saturated heterocycles. The van der Waals surface area contributed by atoms with Crippen LogP contribution in [0, 0.1) is 6.92 Å². The van der Waals surface area contributed by atoms with Gasteiger partial charge in [0.05, 0.1) is 0 Å². The summed E-state index contributed by atoms with van der Waals surface area (Å²) in [5, 5.41) is 3.48. The van der Waals surface area contributed by atoms with Crippen molar-refractivity contribution < 1.29 is 0 Å². The molecule has 1 heterocycles. The Morgan fingerprint density at radius 2 is 1.82 bits per heavy atom. The highest BCUT2D eigenvalue weighted by Crippen LogP contribution is 2.39. The number of hydrogen-bond donors (Lipinski definition) is 3. The van der Waals surface area contributed by atoms with Crippen LogP contribution in [0.15, 0.2) is 0 Å². The van der Waals surface area contributed by atoms with Gasteiger partial charge in [-0.2, -0.15) is 0 Å². The van der Waals surface area contributed by atoms with Gasteiger partial charge in [-0.15, -0.1) is 0 Å². The van der Waals surface area contributed by atoms with E-state index in [1.54, 1.807) is 0 Å². The Morgan fingerprint density at radius 1 is 1.24 bits per heavy atom. The van der Waals surface area contributed by atoms with Crippen LogP contribution in [0.25, 0.3) is 0 Å². The number of nitrogens with zero attached hydrogens (tertiary/aromatic N) is 2. The predicted octanol–water partition coefficient (Wildman–Crippen LogP) is 2.16. The number of aromatic nitrogens is 2. The normalized spacial score (nSPS) is 17.1. The molecule has 0 amide bonds. The number of nitrogens with one attached hydrogen (secondary N) is 2. The quantitative estimate of drug-likeness (QED) is 0.551. The predicted molar refractivity (Wildman–Crippen MR) is 69.9 cm³/mol. The lowest BCUT2D eigenvalue weighted by Gasteiger charge is -2.18. The monoisotopic (exact) mass is 235 g/mol. The van der Waals surface area contributed by atoms with E-state index >= 15 is 0 Å². The first-order chi connectivity index (χ1) is 7.95. The van der Waals surface area contributed by atoms with Gasteiger partial charge in [0, 0.05) is 17.0 Å². The summed E-state index contributed by atoms with van der Waals surface area (Å²) in [6.45, 7) is 8.34. The average Bonchev–Trinajstić information content (AvgIpc) is 2.99. The van der Waals surface area contributed by atoms with Crippen molar-refractivity contribution in [3.8, 4) is 0 Å². The fourth-order valence-corrected chi connectivity index (χ4v) is 1.65. The molecule has 0 aliphatic heterocycles. The average molecular weight is 235 g/mol. The summed E-state index contributed by atoms with van der Waals surface area (Å²) in [6.07, 6.45) is 2.39. The second kappa shape index (κ2) is 4.14. The zero-order chi connectivity index (χ0) is 12.6. The molecule has 1 saturated carbocycles. The standard InChI is InChI=1S/C12H21N5/c1-7(2)9-14-10(16-12(4)5-6-12)8(3)11(15-9)17-13/h7H,5-6,13H2,1-4H3,(H2,14,15,16,17). The molecular formula is C12H21N5. The first kappa shape index (κ1) is 12.1. The minimum absolute atomic E-state index is 0.208.